The third-order valence-electron chi connectivity index (χ3n) is 5.44. The molecule has 3 rings (SSSR count). The average Bonchev–Trinajstić information content (AvgIpc) is 3.16. The number of likely N-dealkylation sites (tertiary alicyclic amines) is 1. The molecular formula is C19H34IN5OS. The molecule has 0 saturated carbocycles. The second-order valence-electron chi connectivity index (χ2n) is 7.43. The lowest BCUT2D eigenvalue weighted by Gasteiger charge is -2.39. The van der Waals surface area contributed by atoms with Crippen LogP contribution in [0.1, 0.15) is 23.8 Å². The van der Waals surface area contributed by atoms with Gasteiger partial charge in [-0.2, -0.15) is 0 Å². The predicted octanol–water partition coefficient (Wildman–Crippen LogP) is 2.24. The monoisotopic (exact) mass is 507 g/mol. The zero-order valence-corrected chi connectivity index (χ0v) is 19.8. The van der Waals surface area contributed by atoms with E-state index in [0.717, 1.165) is 38.7 Å². The Labute approximate surface area is 184 Å². The van der Waals surface area contributed by atoms with Crippen molar-refractivity contribution in [2.75, 3.05) is 60.5 Å². The molecule has 8 heteroatoms. The number of morpholine rings is 1. The van der Waals surface area contributed by atoms with E-state index in [-0.39, 0.29) is 30.1 Å². The van der Waals surface area contributed by atoms with Crippen molar-refractivity contribution in [3.05, 3.63) is 22.4 Å². The summed E-state index contributed by atoms with van der Waals surface area (Å²) in [6, 6.07) is 4.94. The van der Waals surface area contributed by atoms with Crippen molar-refractivity contribution in [3.63, 3.8) is 0 Å². The van der Waals surface area contributed by atoms with Crippen molar-refractivity contribution in [2.45, 2.75) is 25.0 Å². The van der Waals surface area contributed by atoms with Crippen LogP contribution in [0.4, 0.5) is 0 Å². The molecule has 1 aromatic rings. The molecule has 2 fully saturated rings. The number of hydrogen-bond acceptors (Lipinski definition) is 5. The number of rotatable bonds is 5. The average molecular weight is 507 g/mol. The van der Waals surface area contributed by atoms with Crippen LogP contribution in [-0.2, 0) is 4.74 Å². The van der Waals surface area contributed by atoms with Crippen molar-refractivity contribution in [1.29, 1.82) is 0 Å². The summed E-state index contributed by atoms with van der Waals surface area (Å²) in [5.74, 6) is 1.47. The molecule has 27 heavy (non-hydrogen) atoms. The fraction of sp³-hybridized carbons (Fsp3) is 0.737. The highest BCUT2D eigenvalue weighted by Gasteiger charge is 2.31. The van der Waals surface area contributed by atoms with Gasteiger partial charge in [-0.1, -0.05) is 6.07 Å². The van der Waals surface area contributed by atoms with Crippen LogP contribution < -0.4 is 10.6 Å². The van der Waals surface area contributed by atoms with Crippen LogP contribution in [0.5, 0.6) is 0 Å². The maximum Gasteiger partial charge on any atom is 0.191 e. The second kappa shape index (κ2) is 11.5. The van der Waals surface area contributed by atoms with E-state index in [4.69, 9.17) is 4.74 Å². The van der Waals surface area contributed by atoms with Gasteiger partial charge in [0.2, 0.25) is 0 Å². The molecule has 0 aromatic carbocycles. The van der Waals surface area contributed by atoms with Crippen molar-refractivity contribution >= 4 is 41.3 Å². The lowest BCUT2D eigenvalue weighted by Crippen LogP contribution is -2.49. The van der Waals surface area contributed by atoms with Gasteiger partial charge in [-0.15, -0.1) is 35.3 Å². The summed E-state index contributed by atoms with van der Waals surface area (Å²) in [5, 5.41) is 9.17. The van der Waals surface area contributed by atoms with Gasteiger partial charge >= 0.3 is 0 Å². The number of hydrogen-bond donors (Lipinski definition) is 2. The summed E-state index contributed by atoms with van der Waals surface area (Å²) >= 11 is 1.87. The minimum Gasteiger partial charge on any atom is -0.374 e. The number of ether oxygens (including phenoxy) is 1. The van der Waals surface area contributed by atoms with Gasteiger partial charge in [0, 0.05) is 44.1 Å². The van der Waals surface area contributed by atoms with Crippen LogP contribution in [-0.4, -0.2) is 82.3 Å². The molecule has 3 atom stereocenters. The zero-order chi connectivity index (χ0) is 18.4. The fourth-order valence-electron chi connectivity index (χ4n) is 4.03. The molecule has 154 valence electrons. The van der Waals surface area contributed by atoms with Crippen LogP contribution in [0, 0.1) is 5.92 Å². The zero-order valence-electron chi connectivity index (χ0n) is 16.7. The van der Waals surface area contributed by atoms with Gasteiger partial charge in [0.1, 0.15) is 0 Å². The molecule has 2 saturated heterocycles. The molecule has 0 radical (unpaired) electrons. The highest BCUT2D eigenvalue weighted by molar-refractivity contribution is 14.0. The van der Waals surface area contributed by atoms with E-state index < -0.39 is 0 Å². The predicted molar refractivity (Wildman–Crippen MR) is 124 cm³/mol. The van der Waals surface area contributed by atoms with Crippen molar-refractivity contribution in [1.82, 2.24) is 20.4 Å². The minimum absolute atomic E-state index is 0. The maximum absolute atomic E-state index is 5.83. The molecule has 0 amide bonds. The fourth-order valence-corrected chi connectivity index (χ4v) is 5.01. The third-order valence-corrected chi connectivity index (χ3v) is 6.38. The molecule has 6 nitrogen and oxygen atoms in total. The molecule has 0 spiro atoms. The largest absolute Gasteiger partial charge is 0.374 e. The molecule has 2 aliphatic heterocycles. The van der Waals surface area contributed by atoms with E-state index >= 15 is 0 Å². The van der Waals surface area contributed by atoms with Gasteiger partial charge in [0.15, 0.2) is 5.96 Å². The summed E-state index contributed by atoms with van der Waals surface area (Å²) < 4.78 is 5.83. The van der Waals surface area contributed by atoms with Crippen LogP contribution in [0.25, 0.3) is 0 Å². The van der Waals surface area contributed by atoms with Crippen molar-refractivity contribution in [2.24, 2.45) is 10.9 Å². The number of nitrogens with zero attached hydrogens (tertiary/aromatic N) is 3. The van der Waals surface area contributed by atoms with Gasteiger partial charge in [0.25, 0.3) is 0 Å². The van der Waals surface area contributed by atoms with Crippen LogP contribution in [0.3, 0.4) is 0 Å². The Morgan fingerprint density at radius 1 is 1.30 bits per heavy atom. The molecule has 2 N–H and O–H groups in total. The number of guanidine groups is 1. The van der Waals surface area contributed by atoms with Crippen LogP contribution in [0.2, 0.25) is 0 Å². The number of piperidine rings is 1. The Balaban J connectivity index is 0.00000261. The molecular weight excluding hydrogens is 473 g/mol. The van der Waals surface area contributed by atoms with E-state index in [1.54, 1.807) is 0 Å². The van der Waals surface area contributed by atoms with Gasteiger partial charge in [0.05, 0.1) is 12.7 Å². The quantitative estimate of drug-likeness (QED) is 0.364. The Morgan fingerprint density at radius 2 is 2.11 bits per heavy atom. The summed E-state index contributed by atoms with van der Waals surface area (Å²) in [7, 11) is 6.24. The van der Waals surface area contributed by atoms with E-state index in [1.165, 1.54) is 24.3 Å². The molecule has 3 unspecified atom stereocenters. The Bertz CT molecular complexity index is 570. The lowest BCUT2D eigenvalue weighted by molar-refractivity contribution is -0.0161. The van der Waals surface area contributed by atoms with Crippen LogP contribution in [0.15, 0.2) is 22.5 Å². The first-order valence-electron chi connectivity index (χ1n) is 9.65. The summed E-state index contributed by atoms with van der Waals surface area (Å²) in [6.07, 6.45) is 2.75. The third kappa shape index (κ3) is 6.56. The lowest BCUT2D eigenvalue weighted by atomic mass is 9.88. The van der Waals surface area contributed by atoms with Gasteiger partial charge < -0.3 is 20.3 Å². The van der Waals surface area contributed by atoms with Gasteiger partial charge in [-0.05, 0) is 50.8 Å². The number of halogens is 1. The maximum atomic E-state index is 5.83. The van der Waals surface area contributed by atoms with Gasteiger partial charge in [-0.3, -0.25) is 9.89 Å². The standard InChI is InChI=1S/C19H33N5OS.HI/c1-20-19(22-13-16-14-23(2)9-10-25-16)21-12-15-6-4-8-24(3)18(15)17-7-5-11-26-17;/h5,7,11,15-16,18H,4,6,8-10,12-14H2,1-3H3,(H2,20,21,22);1H. The summed E-state index contributed by atoms with van der Waals surface area (Å²) in [6.45, 7) is 5.71. The number of aliphatic imine (C=N–C) groups is 1. The molecule has 1 aromatic heterocycles. The molecule has 0 aliphatic carbocycles. The van der Waals surface area contributed by atoms with Gasteiger partial charge in [-0.25, -0.2) is 0 Å². The molecule has 3 heterocycles. The SMILES string of the molecule is CN=C(NCC1CN(C)CCO1)NCC1CCCN(C)C1c1cccs1.I. The first-order chi connectivity index (χ1) is 12.7. The smallest absolute Gasteiger partial charge is 0.191 e. The Kier molecular flexibility index (Phi) is 9.78. The van der Waals surface area contributed by atoms with E-state index in [2.05, 4.69) is 57.0 Å². The van der Waals surface area contributed by atoms with E-state index in [1.807, 2.05) is 18.4 Å². The minimum atomic E-state index is 0. The second-order valence-corrected chi connectivity index (χ2v) is 8.41. The normalized spacial score (nSPS) is 27.8. The summed E-state index contributed by atoms with van der Waals surface area (Å²) in [5.41, 5.74) is 0. The van der Waals surface area contributed by atoms with Crippen molar-refractivity contribution < 1.29 is 4.74 Å². The number of thiophene rings is 1. The molecule has 2 aliphatic rings. The highest BCUT2D eigenvalue weighted by Crippen LogP contribution is 2.36. The Hall–Kier alpha value is -0.420. The van der Waals surface area contributed by atoms with E-state index in [0.29, 0.717) is 12.0 Å². The summed E-state index contributed by atoms with van der Waals surface area (Å²) in [4.78, 5) is 10.7. The van der Waals surface area contributed by atoms with Crippen LogP contribution >= 0.6 is 35.3 Å². The topological polar surface area (TPSA) is 52.1 Å². The first kappa shape index (κ1) is 22.9. The highest BCUT2D eigenvalue weighted by atomic mass is 127. The number of nitrogens with one attached hydrogen (secondary N) is 2. The molecule has 0 bridgehead atoms. The number of likely N-dealkylation sites (N-methyl/N-ethyl adjacent to an activating group) is 1. The first-order valence-corrected chi connectivity index (χ1v) is 10.5. The Morgan fingerprint density at radius 3 is 2.81 bits per heavy atom. The van der Waals surface area contributed by atoms with Crippen molar-refractivity contribution in [3.8, 4) is 0 Å². The van der Waals surface area contributed by atoms with E-state index in [9.17, 15) is 0 Å².